The third kappa shape index (κ3) is 3.10. The molecule has 0 N–H and O–H groups in total. The zero-order chi connectivity index (χ0) is 12.4. The van der Waals surface area contributed by atoms with Crippen molar-refractivity contribution in [1.29, 1.82) is 0 Å². The van der Waals surface area contributed by atoms with Crippen molar-refractivity contribution < 1.29 is 4.74 Å². The molecule has 1 aliphatic heterocycles. The summed E-state index contributed by atoms with van der Waals surface area (Å²) < 4.78 is 5.47. The molecule has 2 aliphatic carbocycles. The van der Waals surface area contributed by atoms with Gasteiger partial charge in [0.25, 0.3) is 0 Å². The minimum atomic E-state index is 0.672. The molecule has 0 radical (unpaired) electrons. The van der Waals surface area contributed by atoms with Gasteiger partial charge in [-0.3, -0.25) is 0 Å². The van der Waals surface area contributed by atoms with Gasteiger partial charge in [-0.15, -0.1) is 0 Å². The lowest BCUT2D eigenvalue weighted by Crippen LogP contribution is -2.27. The molecule has 1 heterocycles. The van der Waals surface area contributed by atoms with E-state index in [9.17, 15) is 0 Å². The Balaban J connectivity index is 1.40. The first-order valence-electron chi connectivity index (χ1n) is 8.48. The van der Waals surface area contributed by atoms with Crippen molar-refractivity contribution in [2.75, 3.05) is 6.61 Å². The van der Waals surface area contributed by atoms with E-state index in [4.69, 9.17) is 4.74 Å². The summed E-state index contributed by atoms with van der Waals surface area (Å²) in [6.07, 6.45) is 15.6. The van der Waals surface area contributed by atoms with E-state index in [1.54, 1.807) is 12.8 Å². The van der Waals surface area contributed by atoms with Crippen LogP contribution in [0.25, 0.3) is 0 Å². The van der Waals surface area contributed by atoms with E-state index in [1.807, 2.05) is 0 Å². The first-order valence-corrected chi connectivity index (χ1v) is 8.48. The van der Waals surface area contributed by atoms with Crippen LogP contribution in [0.15, 0.2) is 0 Å². The Morgan fingerprint density at radius 2 is 1.28 bits per heavy atom. The van der Waals surface area contributed by atoms with Crippen LogP contribution in [0.5, 0.6) is 0 Å². The van der Waals surface area contributed by atoms with Crippen molar-refractivity contribution in [1.82, 2.24) is 0 Å². The highest BCUT2D eigenvalue weighted by atomic mass is 16.6. The number of hydrogen-bond acceptors (Lipinski definition) is 1. The fraction of sp³-hybridized carbons (Fsp3) is 1.00. The molecule has 3 aliphatic rings. The summed E-state index contributed by atoms with van der Waals surface area (Å²) in [5.41, 5.74) is 0. The number of epoxide rings is 1. The summed E-state index contributed by atoms with van der Waals surface area (Å²) in [4.78, 5) is 0. The molecule has 0 aromatic carbocycles. The molecule has 1 unspecified atom stereocenters. The van der Waals surface area contributed by atoms with Gasteiger partial charge in [-0.05, 0) is 62.2 Å². The van der Waals surface area contributed by atoms with Gasteiger partial charge in [0.05, 0.1) is 12.7 Å². The van der Waals surface area contributed by atoms with Crippen molar-refractivity contribution in [2.24, 2.45) is 23.7 Å². The second-order valence-electron chi connectivity index (χ2n) is 7.12. The molecule has 1 atom stereocenters. The maximum absolute atomic E-state index is 5.47. The fourth-order valence-electron chi connectivity index (χ4n) is 4.67. The zero-order valence-corrected chi connectivity index (χ0v) is 12.1. The lowest BCUT2D eigenvalue weighted by atomic mass is 9.68. The minimum absolute atomic E-state index is 0.672. The van der Waals surface area contributed by atoms with E-state index in [2.05, 4.69) is 6.92 Å². The van der Waals surface area contributed by atoms with Crippen molar-refractivity contribution in [2.45, 2.75) is 77.2 Å². The Bertz CT molecular complexity index is 242. The van der Waals surface area contributed by atoms with E-state index < -0.39 is 0 Å². The molecule has 1 nitrogen and oxygen atoms in total. The van der Waals surface area contributed by atoms with Gasteiger partial charge < -0.3 is 4.74 Å². The molecule has 3 rings (SSSR count). The average Bonchev–Trinajstić information content (AvgIpc) is 3.25. The van der Waals surface area contributed by atoms with E-state index in [0.717, 1.165) is 30.3 Å². The van der Waals surface area contributed by atoms with Crippen LogP contribution in [0.1, 0.15) is 71.1 Å². The molecule has 1 heteroatoms. The van der Waals surface area contributed by atoms with E-state index in [0.29, 0.717) is 6.10 Å². The maximum atomic E-state index is 5.47. The van der Waals surface area contributed by atoms with Gasteiger partial charge in [0.1, 0.15) is 0 Å². The highest BCUT2D eigenvalue weighted by molar-refractivity contribution is 4.87. The number of hydrogen-bond donors (Lipinski definition) is 0. The molecule has 1 saturated heterocycles. The molecular formula is C17H30O. The minimum Gasteiger partial charge on any atom is -0.373 e. The van der Waals surface area contributed by atoms with Crippen LogP contribution in [-0.4, -0.2) is 12.7 Å². The van der Waals surface area contributed by atoms with Gasteiger partial charge in [0, 0.05) is 0 Å². The molecule has 0 aromatic rings. The monoisotopic (exact) mass is 250 g/mol. The van der Waals surface area contributed by atoms with Crippen LogP contribution in [-0.2, 0) is 4.74 Å². The van der Waals surface area contributed by atoms with Crippen LogP contribution < -0.4 is 0 Å². The summed E-state index contributed by atoms with van der Waals surface area (Å²) in [5.74, 6) is 4.15. The quantitative estimate of drug-likeness (QED) is 0.653. The van der Waals surface area contributed by atoms with Crippen molar-refractivity contribution >= 4 is 0 Å². The number of rotatable bonds is 4. The van der Waals surface area contributed by atoms with E-state index in [-0.39, 0.29) is 0 Å². The molecule has 2 saturated carbocycles. The van der Waals surface area contributed by atoms with Crippen LogP contribution in [0.2, 0.25) is 0 Å². The highest BCUT2D eigenvalue weighted by Gasteiger charge is 2.37. The lowest BCUT2D eigenvalue weighted by molar-refractivity contribution is 0.133. The fourth-order valence-corrected chi connectivity index (χ4v) is 4.67. The predicted octanol–water partition coefficient (Wildman–Crippen LogP) is 4.80. The lowest BCUT2D eigenvalue weighted by Gasteiger charge is -2.37. The van der Waals surface area contributed by atoms with Crippen LogP contribution in [0.4, 0.5) is 0 Å². The summed E-state index contributed by atoms with van der Waals surface area (Å²) in [6.45, 7) is 3.41. The summed E-state index contributed by atoms with van der Waals surface area (Å²) in [5, 5.41) is 0. The van der Waals surface area contributed by atoms with Crippen molar-refractivity contribution in [3.63, 3.8) is 0 Å². The predicted molar refractivity (Wildman–Crippen MR) is 75.5 cm³/mol. The SMILES string of the molecule is CCCC1CCC(C2CCC(C3CO3)CC2)CC1. The van der Waals surface area contributed by atoms with Gasteiger partial charge in [-0.2, -0.15) is 0 Å². The molecule has 18 heavy (non-hydrogen) atoms. The number of ether oxygens (including phenoxy) is 1. The molecule has 0 bridgehead atoms. The third-order valence-corrected chi connectivity index (χ3v) is 5.96. The largest absolute Gasteiger partial charge is 0.373 e. The Labute approximate surface area is 113 Å². The second-order valence-corrected chi connectivity index (χ2v) is 7.12. The molecule has 0 spiro atoms. The normalized spacial score (nSPS) is 44.8. The van der Waals surface area contributed by atoms with Gasteiger partial charge in [0.15, 0.2) is 0 Å². The van der Waals surface area contributed by atoms with Gasteiger partial charge >= 0.3 is 0 Å². The zero-order valence-electron chi connectivity index (χ0n) is 12.1. The Morgan fingerprint density at radius 1 is 0.778 bits per heavy atom. The summed E-state index contributed by atoms with van der Waals surface area (Å²) in [7, 11) is 0. The van der Waals surface area contributed by atoms with Crippen LogP contribution in [0, 0.1) is 23.7 Å². The molecular weight excluding hydrogens is 220 g/mol. The Kier molecular flexibility index (Phi) is 4.28. The van der Waals surface area contributed by atoms with E-state index >= 15 is 0 Å². The van der Waals surface area contributed by atoms with Gasteiger partial charge in [0.2, 0.25) is 0 Å². The maximum Gasteiger partial charge on any atom is 0.0838 e. The van der Waals surface area contributed by atoms with Crippen molar-refractivity contribution in [3.8, 4) is 0 Å². The third-order valence-electron chi connectivity index (χ3n) is 5.96. The highest BCUT2D eigenvalue weighted by Crippen LogP contribution is 2.44. The van der Waals surface area contributed by atoms with E-state index in [1.165, 1.54) is 51.4 Å². The standard InChI is InChI=1S/C17H30O/c1-2-3-13-4-6-14(7-5-13)15-8-10-16(11-9-15)17-12-18-17/h13-17H,2-12H2,1H3. The second kappa shape index (κ2) is 5.94. The first kappa shape index (κ1) is 13.0. The smallest absolute Gasteiger partial charge is 0.0838 e. The molecule has 0 amide bonds. The molecule has 104 valence electrons. The van der Waals surface area contributed by atoms with Crippen LogP contribution in [0.3, 0.4) is 0 Å². The Morgan fingerprint density at radius 3 is 1.78 bits per heavy atom. The topological polar surface area (TPSA) is 12.5 Å². The Hall–Kier alpha value is -0.0400. The summed E-state index contributed by atoms with van der Waals surface area (Å²) >= 11 is 0. The average molecular weight is 250 g/mol. The van der Waals surface area contributed by atoms with Crippen molar-refractivity contribution in [3.05, 3.63) is 0 Å². The first-order chi connectivity index (χ1) is 8.86. The molecule has 0 aromatic heterocycles. The van der Waals surface area contributed by atoms with Gasteiger partial charge in [-0.1, -0.05) is 32.6 Å². The summed E-state index contributed by atoms with van der Waals surface area (Å²) in [6, 6.07) is 0. The van der Waals surface area contributed by atoms with Crippen LogP contribution >= 0.6 is 0 Å². The molecule has 3 fully saturated rings. The van der Waals surface area contributed by atoms with Gasteiger partial charge in [-0.25, -0.2) is 0 Å².